The highest BCUT2D eigenvalue weighted by atomic mass is 79.9. The summed E-state index contributed by atoms with van der Waals surface area (Å²) in [6.45, 7) is 1.83. The fourth-order valence-corrected chi connectivity index (χ4v) is 7.91. The molecule has 5 rings (SSSR count). The van der Waals surface area contributed by atoms with Gasteiger partial charge in [0.1, 0.15) is 11.6 Å². The van der Waals surface area contributed by atoms with Crippen molar-refractivity contribution in [3.8, 4) is 0 Å². The third-order valence-electron chi connectivity index (χ3n) is 7.14. The predicted molar refractivity (Wildman–Crippen MR) is 151 cm³/mol. The average Bonchev–Trinajstić information content (AvgIpc) is 3.43. The van der Waals surface area contributed by atoms with Crippen LogP contribution in [0.3, 0.4) is 0 Å². The number of ether oxygens (including phenoxy) is 1. The molecule has 1 fully saturated rings. The van der Waals surface area contributed by atoms with Crippen LogP contribution in [0.25, 0.3) is 0 Å². The lowest BCUT2D eigenvalue weighted by Crippen LogP contribution is -2.49. The van der Waals surface area contributed by atoms with Crippen LogP contribution in [0.1, 0.15) is 31.7 Å². The van der Waals surface area contributed by atoms with Crippen LogP contribution < -0.4 is 4.90 Å². The van der Waals surface area contributed by atoms with E-state index in [4.69, 9.17) is 27.9 Å². The van der Waals surface area contributed by atoms with Crippen molar-refractivity contribution < 1.29 is 22.7 Å². The van der Waals surface area contributed by atoms with Crippen LogP contribution in [-0.4, -0.2) is 53.8 Å². The Balaban J connectivity index is 1.69. The van der Waals surface area contributed by atoms with Crippen LogP contribution in [0.4, 0.5) is 11.6 Å². The lowest BCUT2D eigenvalue weighted by atomic mass is 9.92. The number of fused-ring (bicyclic) bond motifs is 1. The molecule has 1 unspecified atom stereocenters. The molecule has 0 spiro atoms. The first-order chi connectivity index (χ1) is 18.5. The molecule has 0 aliphatic carbocycles. The van der Waals surface area contributed by atoms with Crippen molar-refractivity contribution in [2.45, 2.75) is 49.2 Å². The highest BCUT2D eigenvalue weighted by molar-refractivity contribution is 9.10. The molecule has 0 radical (unpaired) electrons. The number of hydrogen-bond acceptors (Lipinski definition) is 6. The molecule has 3 aromatic rings. The summed E-state index contributed by atoms with van der Waals surface area (Å²) < 4.78 is 36.7. The number of halogens is 3. The van der Waals surface area contributed by atoms with E-state index in [0.29, 0.717) is 35.0 Å². The van der Waals surface area contributed by atoms with E-state index in [0.717, 1.165) is 14.3 Å². The van der Waals surface area contributed by atoms with E-state index in [-0.39, 0.29) is 23.9 Å². The maximum atomic E-state index is 14.2. The van der Waals surface area contributed by atoms with Crippen molar-refractivity contribution in [2.24, 2.45) is 0 Å². The fourth-order valence-electron chi connectivity index (χ4n) is 5.30. The second-order valence-corrected chi connectivity index (χ2v) is 13.4. The van der Waals surface area contributed by atoms with Gasteiger partial charge in [-0.25, -0.2) is 18.3 Å². The maximum Gasteiger partial charge on any atom is 0.324 e. The predicted octanol–water partition coefficient (Wildman–Crippen LogP) is 5.30. The third kappa shape index (κ3) is 4.88. The van der Waals surface area contributed by atoms with Crippen molar-refractivity contribution in [2.75, 3.05) is 18.6 Å². The number of carbonyl (C=O) groups excluding carboxylic acids is 2. The van der Waals surface area contributed by atoms with Gasteiger partial charge in [0.05, 0.1) is 19.0 Å². The molecule has 0 N–H and O–H groups in total. The van der Waals surface area contributed by atoms with Crippen molar-refractivity contribution in [1.82, 2.24) is 13.9 Å². The van der Waals surface area contributed by atoms with E-state index in [2.05, 4.69) is 20.9 Å². The second-order valence-electron chi connectivity index (χ2n) is 9.73. The fraction of sp³-hybridized carbons (Fsp3) is 0.346. The molecule has 2 aliphatic rings. The van der Waals surface area contributed by atoms with Gasteiger partial charge in [0.25, 0.3) is 15.9 Å². The number of rotatable bonds is 6. The summed E-state index contributed by atoms with van der Waals surface area (Å²) in [7, 11) is -3.03. The number of carbonyl (C=O) groups is 2. The maximum absolute atomic E-state index is 14.2. The summed E-state index contributed by atoms with van der Waals surface area (Å²) in [5.41, 5.74) is -0.209. The van der Waals surface area contributed by atoms with Gasteiger partial charge in [0.15, 0.2) is 5.03 Å². The zero-order chi connectivity index (χ0) is 28.1. The van der Waals surface area contributed by atoms with Crippen LogP contribution in [0.5, 0.6) is 0 Å². The van der Waals surface area contributed by atoms with Gasteiger partial charge in [0.2, 0.25) is 5.95 Å². The molecule has 13 heteroatoms. The average molecular weight is 656 g/mol. The zero-order valence-corrected chi connectivity index (χ0v) is 25.0. The van der Waals surface area contributed by atoms with Gasteiger partial charge in [-0.1, -0.05) is 51.3 Å². The van der Waals surface area contributed by atoms with E-state index in [1.807, 2.05) is 24.3 Å². The van der Waals surface area contributed by atoms with E-state index < -0.39 is 33.5 Å². The van der Waals surface area contributed by atoms with Crippen LogP contribution in [0.2, 0.25) is 10.0 Å². The van der Waals surface area contributed by atoms with Gasteiger partial charge in [-0.3, -0.25) is 14.2 Å². The zero-order valence-electron chi connectivity index (χ0n) is 21.1. The number of amides is 1. The van der Waals surface area contributed by atoms with Crippen LogP contribution in [0, 0.1) is 0 Å². The van der Waals surface area contributed by atoms with Gasteiger partial charge in [0, 0.05) is 27.5 Å². The number of esters is 1. The monoisotopic (exact) mass is 654 g/mol. The van der Waals surface area contributed by atoms with Crippen molar-refractivity contribution >= 4 is 72.7 Å². The molecule has 0 bridgehead atoms. The van der Waals surface area contributed by atoms with Crippen LogP contribution in [-0.2, 0) is 36.3 Å². The first-order valence-corrected chi connectivity index (χ1v) is 15.2. The van der Waals surface area contributed by atoms with Gasteiger partial charge in [-0.05, 0) is 62.1 Å². The Labute approximate surface area is 244 Å². The lowest BCUT2D eigenvalue weighted by molar-refractivity contribution is -0.146. The highest BCUT2D eigenvalue weighted by Crippen LogP contribution is 2.45. The Hall–Kier alpha value is -2.44. The first kappa shape index (κ1) is 28.1. The number of hydrogen-bond donors (Lipinski definition) is 0. The summed E-state index contributed by atoms with van der Waals surface area (Å²) in [5, 5.41) is 0.441. The quantitative estimate of drug-likeness (QED) is 0.334. The van der Waals surface area contributed by atoms with Gasteiger partial charge >= 0.3 is 5.97 Å². The van der Waals surface area contributed by atoms with E-state index >= 15 is 0 Å². The van der Waals surface area contributed by atoms with Crippen molar-refractivity contribution in [1.29, 1.82) is 0 Å². The number of sulfonamides is 1. The van der Waals surface area contributed by atoms with Gasteiger partial charge < -0.3 is 4.74 Å². The summed E-state index contributed by atoms with van der Waals surface area (Å²) in [6, 6.07) is 11.2. The minimum Gasteiger partial charge on any atom is -0.468 e. The minimum atomic E-state index is -4.27. The Bertz CT molecular complexity index is 1540. The summed E-state index contributed by atoms with van der Waals surface area (Å²) in [6.07, 6.45) is 3.04. The number of imidazole rings is 1. The number of methoxy groups -OCH3 is 1. The van der Waals surface area contributed by atoms with Gasteiger partial charge in [-0.15, -0.1) is 0 Å². The topological polar surface area (TPSA) is 102 Å². The molecule has 0 saturated carbocycles. The molecule has 2 aromatic carbocycles. The van der Waals surface area contributed by atoms with Crippen molar-refractivity contribution in [3.63, 3.8) is 0 Å². The van der Waals surface area contributed by atoms with Gasteiger partial charge in [-0.2, -0.15) is 4.31 Å². The molecule has 9 nitrogen and oxygen atoms in total. The number of aromatic nitrogens is 2. The minimum absolute atomic E-state index is 0.114. The molecular formula is C26H25BrCl2N4O5S. The molecule has 39 heavy (non-hydrogen) atoms. The van der Waals surface area contributed by atoms with E-state index in [9.17, 15) is 18.0 Å². The number of benzene rings is 2. The first-order valence-electron chi connectivity index (χ1n) is 12.2. The van der Waals surface area contributed by atoms with Crippen molar-refractivity contribution in [3.05, 3.63) is 68.7 Å². The molecule has 1 saturated heterocycles. The highest BCUT2D eigenvalue weighted by Gasteiger charge is 2.53. The van der Waals surface area contributed by atoms with Crippen LogP contribution in [0.15, 0.2) is 58.2 Å². The molecule has 3 heterocycles. The Morgan fingerprint density at radius 1 is 1.15 bits per heavy atom. The molecule has 1 amide bonds. The van der Waals surface area contributed by atoms with E-state index in [1.54, 1.807) is 25.1 Å². The number of piperidine rings is 1. The SMILES string of the molecule is COC(=O)C1CCCCN1S(=O)(=O)c1cnc2n1[C@](C)(Cc1ccc(Br)cc1)C(=O)N2c1cc(Cl)cc(Cl)c1. The van der Waals surface area contributed by atoms with Crippen LogP contribution >= 0.6 is 39.1 Å². The molecule has 2 atom stereocenters. The Kier molecular flexibility index (Phi) is 7.58. The standard InChI is InChI=1S/C26H25BrCl2N4O5S/c1-26(14-16-6-8-17(27)9-7-16)24(35)32(20-12-18(28)11-19(29)13-20)25-30-15-22(33(25)26)39(36,37)31-10-4-3-5-21(31)23(34)38-2/h6-9,11-13,15,21H,3-5,10,14H2,1-2H3/t21?,26-/m1/s1. The summed E-state index contributed by atoms with van der Waals surface area (Å²) in [4.78, 5) is 32.5. The largest absolute Gasteiger partial charge is 0.468 e. The lowest BCUT2D eigenvalue weighted by Gasteiger charge is -2.34. The summed E-state index contributed by atoms with van der Waals surface area (Å²) >= 11 is 15.9. The smallest absolute Gasteiger partial charge is 0.324 e. The molecule has 206 valence electrons. The second kappa shape index (κ2) is 10.5. The summed E-state index contributed by atoms with van der Waals surface area (Å²) in [5.74, 6) is -0.905. The molecule has 1 aromatic heterocycles. The number of anilines is 2. The third-order valence-corrected chi connectivity index (χ3v) is 9.97. The van der Waals surface area contributed by atoms with E-state index in [1.165, 1.54) is 22.8 Å². The molecular weight excluding hydrogens is 631 g/mol. The molecule has 2 aliphatic heterocycles. The Morgan fingerprint density at radius 3 is 2.46 bits per heavy atom. The number of nitrogens with zero attached hydrogens (tertiary/aromatic N) is 4. The normalized spacial score (nSPS) is 21.7. The Morgan fingerprint density at radius 2 is 1.82 bits per heavy atom.